The van der Waals surface area contributed by atoms with Gasteiger partial charge in [0.2, 0.25) is 5.91 Å². The van der Waals surface area contributed by atoms with Crippen molar-refractivity contribution in [1.29, 1.82) is 0 Å². The van der Waals surface area contributed by atoms with Crippen LogP contribution < -0.4 is 5.32 Å². The number of carbonyl (C=O) groups excluding carboxylic acids is 1. The minimum absolute atomic E-state index is 0.00662. The van der Waals surface area contributed by atoms with E-state index in [1.54, 1.807) is 0 Å². The third-order valence-electron chi connectivity index (χ3n) is 3.51. The second-order valence-corrected chi connectivity index (χ2v) is 6.21. The van der Waals surface area contributed by atoms with Crippen molar-refractivity contribution in [3.63, 3.8) is 0 Å². The van der Waals surface area contributed by atoms with E-state index in [-0.39, 0.29) is 5.91 Å². The molecule has 0 aliphatic heterocycles. The molecule has 1 amide bonds. The third kappa shape index (κ3) is 4.88. The molecule has 4 heteroatoms. The van der Waals surface area contributed by atoms with E-state index in [0.29, 0.717) is 12.3 Å². The number of hydrogen-bond donors (Lipinski definition) is 2. The van der Waals surface area contributed by atoms with Crippen molar-refractivity contribution in [3.05, 3.63) is 30.3 Å². The first kappa shape index (κ1) is 14.4. The standard InChI is InChI=1S/C15H21NO2S/c17-14(11-19-13-7-3-1-4-8-13)16-12-15(18)9-5-2-6-10-15/h1,3-4,7-8,18H,2,5-6,9-12H2,(H,16,17). The SMILES string of the molecule is O=C(CSc1ccccc1)NCC1(O)CCCCC1. The molecule has 2 rings (SSSR count). The summed E-state index contributed by atoms with van der Waals surface area (Å²) in [5.41, 5.74) is -0.675. The molecule has 3 nitrogen and oxygen atoms in total. The quantitative estimate of drug-likeness (QED) is 0.815. The summed E-state index contributed by atoms with van der Waals surface area (Å²) in [7, 11) is 0. The Bertz CT molecular complexity index is 402. The number of thioether (sulfide) groups is 1. The lowest BCUT2D eigenvalue weighted by molar-refractivity contribution is -0.120. The highest BCUT2D eigenvalue weighted by Crippen LogP contribution is 2.27. The van der Waals surface area contributed by atoms with Gasteiger partial charge in [-0.05, 0) is 25.0 Å². The number of nitrogens with one attached hydrogen (secondary N) is 1. The maximum Gasteiger partial charge on any atom is 0.230 e. The molecule has 1 aliphatic carbocycles. The zero-order valence-electron chi connectivity index (χ0n) is 11.1. The summed E-state index contributed by atoms with van der Waals surface area (Å²) in [6.07, 6.45) is 4.93. The molecule has 0 saturated heterocycles. The Hall–Kier alpha value is -1.00. The maximum absolute atomic E-state index is 11.8. The maximum atomic E-state index is 11.8. The molecule has 1 aromatic rings. The second-order valence-electron chi connectivity index (χ2n) is 5.16. The van der Waals surface area contributed by atoms with Crippen molar-refractivity contribution >= 4 is 17.7 Å². The Kier molecular flexibility index (Phi) is 5.28. The first-order chi connectivity index (χ1) is 9.18. The summed E-state index contributed by atoms with van der Waals surface area (Å²) in [5.74, 6) is 0.396. The first-order valence-electron chi connectivity index (χ1n) is 6.85. The van der Waals surface area contributed by atoms with Gasteiger partial charge in [-0.3, -0.25) is 4.79 Å². The molecule has 0 aromatic heterocycles. The fourth-order valence-electron chi connectivity index (χ4n) is 2.37. The van der Waals surface area contributed by atoms with E-state index in [1.165, 1.54) is 18.2 Å². The number of carbonyl (C=O) groups is 1. The lowest BCUT2D eigenvalue weighted by Gasteiger charge is -2.32. The Morgan fingerprint density at radius 2 is 1.89 bits per heavy atom. The lowest BCUT2D eigenvalue weighted by Crippen LogP contribution is -2.44. The van der Waals surface area contributed by atoms with Gasteiger partial charge in [0.25, 0.3) is 0 Å². The van der Waals surface area contributed by atoms with Gasteiger partial charge >= 0.3 is 0 Å². The largest absolute Gasteiger partial charge is 0.388 e. The van der Waals surface area contributed by atoms with E-state index in [2.05, 4.69) is 5.32 Å². The molecule has 0 atom stereocenters. The molecule has 0 bridgehead atoms. The molecule has 1 aromatic carbocycles. The molecule has 0 spiro atoms. The fraction of sp³-hybridized carbons (Fsp3) is 0.533. The van der Waals surface area contributed by atoms with Crippen LogP contribution in [0.5, 0.6) is 0 Å². The molecule has 0 heterocycles. The van der Waals surface area contributed by atoms with Crippen molar-refractivity contribution in [2.45, 2.75) is 42.6 Å². The van der Waals surface area contributed by atoms with Gasteiger partial charge in [-0.1, -0.05) is 37.5 Å². The molecule has 1 fully saturated rings. The summed E-state index contributed by atoms with van der Waals surface area (Å²) in [4.78, 5) is 12.8. The van der Waals surface area contributed by atoms with E-state index in [4.69, 9.17) is 0 Å². The van der Waals surface area contributed by atoms with E-state index >= 15 is 0 Å². The van der Waals surface area contributed by atoms with Gasteiger partial charge < -0.3 is 10.4 Å². The molecular formula is C15H21NO2S. The van der Waals surface area contributed by atoms with Crippen LogP contribution in [0.15, 0.2) is 35.2 Å². The van der Waals surface area contributed by atoms with Gasteiger partial charge in [-0.15, -0.1) is 11.8 Å². The van der Waals surface area contributed by atoms with Crippen molar-refractivity contribution in [2.24, 2.45) is 0 Å². The summed E-state index contributed by atoms with van der Waals surface area (Å²) >= 11 is 1.52. The van der Waals surface area contributed by atoms with Crippen LogP contribution in [0.2, 0.25) is 0 Å². The highest BCUT2D eigenvalue weighted by molar-refractivity contribution is 8.00. The van der Waals surface area contributed by atoms with Crippen LogP contribution in [0.25, 0.3) is 0 Å². The van der Waals surface area contributed by atoms with Crippen LogP contribution in [0.3, 0.4) is 0 Å². The second kappa shape index (κ2) is 6.96. The third-order valence-corrected chi connectivity index (χ3v) is 4.52. The van der Waals surface area contributed by atoms with Gasteiger partial charge in [0.1, 0.15) is 0 Å². The molecular weight excluding hydrogens is 258 g/mol. The molecule has 1 saturated carbocycles. The van der Waals surface area contributed by atoms with Crippen LogP contribution in [0, 0.1) is 0 Å². The zero-order valence-corrected chi connectivity index (χ0v) is 11.9. The summed E-state index contributed by atoms with van der Waals surface area (Å²) in [6, 6.07) is 9.87. The van der Waals surface area contributed by atoms with Gasteiger partial charge in [0.05, 0.1) is 11.4 Å². The van der Waals surface area contributed by atoms with Gasteiger partial charge in [-0.2, -0.15) is 0 Å². The Morgan fingerprint density at radius 1 is 1.21 bits per heavy atom. The average Bonchev–Trinajstić information content (AvgIpc) is 2.45. The van der Waals surface area contributed by atoms with Crippen molar-refractivity contribution in [3.8, 4) is 0 Å². The summed E-state index contributed by atoms with van der Waals surface area (Å²) in [5, 5.41) is 13.1. The highest BCUT2D eigenvalue weighted by Gasteiger charge is 2.29. The van der Waals surface area contributed by atoms with Crippen molar-refractivity contribution in [1.82, 2.24) is 5.32 Å². The van der Waals surface area contributed by atoms with E-state index in [1.807, 2.05) is 30.3 Å². The minimum Gasteiger partial charge on any atom is -0.388 e. The smallest absolute Gasteiger partial charge is 0.230 e. The highest BCUT2D eigenvalue weighted by atomic mass is 32.2. The number of rotatable bonds is 5. The topological polar surface area (TPSA) is 49.3 Å². The number of amides is 1. The van der Waals surface area contributed by atoms with E-state index < -0.39 is 5.60 Å². The minimum atomic E-state index is -0.675. The van der Waals surface area contributed by atoms with Crippen LogP contribution >= 0.6 is 11.8 Å². The van der Waals surface area contributed by atoms with E-state index in [9.17, 15) is 9.90 Å². The lowest BCUT2D eigenvalue weighted by atomic mass is 9.85. The fourth-order valence-corrected chi connectivity index (χ4v) is 3.12. The predicted molar refractivity (Wildman–Crippen MR) is 78.2 cm³/mol. The Labute approximate surface area is 118 Å². The van der Waals surface area contributed by atoms with Crippen LogP contribution in [0.1, 0.15) is 32.1 Å². The number of hydrogen-bond acceptors (Lipinski definition) is 3. The summed E-state index contributed by atoms with van der Waals surface area (Å²) in [6.45, 7) is 0.390. The zero-order chi connectivity index (χ0) is 13.6. The molecule has 1 aliphatic rings. The Morgan fingerprint density at radius 3 is 2.58 bits per heavy atom. The Balaban J connectivity index is 1.70. The molecule has 104 valence electrons. The normalized spacial score (nSPS) is 17.9. The monoisotopic (exact) mass is 279 g/mol. The van der Waals surface area contributed by atoms with Gasteiger partial charge in [0.15, 0.2) is 0 Å². The summed E-state index contributed by atoms with van der Waals surface area (Å²) < 4.78 is 0. The van der Waals surface area contributed by atoms with Gasteiger partial charge in [0, 0.05) is 11.4 Å². The predicted octanol–water partition coefficient (Wildman–Crippen LogP) is 2.59. The molecule has 0 radical (unpaired) electrons. The number of aliphatic hydroxyl groups is 1. The van der Waals surface area contributed by atoms with Crippen molar-refractivity contribution in [2.75, 3.05) is 12.3 Å². The average molecular weight is 279 g/mol. The van der Waals surface area contributed by atoms with Crippen LogP contribution in [0.4, 0.5) is 0 Å². The molecule has 0 unspecified atom stereocenters. The van der Waals surface area contributed by atoms with Crippen LogP contribution in [-0.2, 0) is 4.79 Å². The van der Waals surface area contributed by atoms with E-state index in [0.717, 1.165) is 30.6 Å². The molecule has 19 heavy (non-hydrogen) atoms. The number of benzene rings is 1. The first-order valence-corrected chi connectivity index (χ1v) is 7.83. The van der Waals surface area contributed by atoms with Crippen molar-refractivity contribution < 1.29 is 9.90 Å². The molecule has 2 N–H and O–H groups in total. The van der Waals surface area contributed by atoms with Gasteiger partial charge in [-0.25, -0.2) is 0 Å². The van der Waals surface area contributed by atoms with Crippen LogP contribution in [-0.4, -0.2) is 28.9 Å².